The molecule has 0 spiro atoms. The van der Waals surface area contributed by atoms with Gasteiger partial charge in [-0.15, -0.1) is 0 Å². The third kappa shape index (κ3) is 5.24. The molecule has 4 N–H and O–H groups in total. The highest BCUT2D eigenvalue weighted by molar-refractivity contribution is 5.82. The van der Waals surface area contributed by atoms with Crippen LogP contribution >= 0.6 is 0 Å². The first-order valence-electron chi connectivity index (χ1n) is 7.41. The molecule has 0 aliphatic carbocycles. The number of likely N-dealkylation sites (tertiary alicyclic amines) is 1. The van der Waals surface area contributed by atoms with Gasteiger partial charge < -0.3 is 21.1 Å². The summed E-state index contributed by atoms with van der Waals surface area (Å²) in [5.74, 6) is -1.24. The maximum atomic E-state index is 12.1. The molecule has 1 fully saturated rings. The van der Waals surface area contributed by atoms with Crippen molar-refractivity contribution in [2.75, 3.05) is 13.1 Å². The molecule has 1 saturated heterocycles. The number of carbonyl (C=O) groups excluding carboxylic acids is 2. The average Bonchev–Trinajstić information content (AvgIpc) is 2.43. The first-order valence-corrected chi connectivity index (χ1v) is 7.41. The summed E-state index contributed by atoms with van der Waals surface area (Å²) in [7, 11) is 0. The van der Waals surface area contributed by atoms with E-state index in [1.807, 2.05) is 6.92 Å². The molecule has 120 valence electrons. The third-order valence-corrected chi connectivity index (χ3v) is 4.15. The molecule has 1 aliphatic rings. The van der Waals surface area contributed by atoms with Crippen molar-refractivity contribution in [3.05, 3.63) is 0 Å². The Morgan fingerprint density at radius 3 is 2.33 bits per heavy atom. The van der Waals surface area contributed by atoms with E-state index < -0.39 is 12.0 Å². The van der Waals surface area contributed by atoms with Crippen LogP contribution in [0.25, 0.3) is 0 Å². The Kier molecular flexibility index (Phi) is 6.45. The fraction of sp³-hybridized carbons (Fsp3) is 0.786. The summed E-state index contributed by atoms with van der Waals surface area (Å²) in [5, 5.41) is 11.8. The molecule has 1 heterocycles. The number of nitrogens with one attached hydrogen (secondary N) is 1. The lowest BCUT2D eigenvalue weighted by atomic mass is 9.93. The molecule has 7 heteroatoms. The number of amides is 3. The smallest absolute Gasteiger partial charge is 0.326 e. The second-order valence-electron chi connectivity index (χ2n) is 5.75. The maximum absolute atomic E-state index is 12.1. The average molecular weight is 299 g/mol. The van der Waals surface area contributed by atoms with Crippen molar-refractivity contribution in [1.82, 2.24) is 10.2 Å². The lowest BCUT2D eigenvalue weighted by molar-refractivity contribution is -0.140. The largest absolute Gasteiger partial charge is 0.480 e. The molecule has 1 aliphatic heterocycles. The van der Waals surface area contributed by atoms with E-state index in [1.54, 1.807) is 11.8 Å². The SMILES string of the molecule is CCC(C)[C@H](NC(=O)N1CCC(CC(N)=O)CC1)C(=O)O. The molecule has 0 aromatic heterocycles. The van der Waals surface area contributed by atoms with Gasteiger partial charge in [0, 0.05) is 19.5 Å². The van der Waals surface area contributed by atoms with E-state index in [-0.39, 0.29) is 23.8 Å². The van der Waals surface area contributed by atoms with Gasteiger partial charge in [-0.05, 0) is 24.7 Å². The summed E-state index contributed by atoms with van der Waals surface area (Å²) >= 11 is 0. The Bertz CT molecular complexity index is 392. The number of carboxylic acid groups (broad SMARTS) is 1. The van der Waals surface area contributed by atoms with Crippen molar-refractivity contribution in [2.45, 2.75) is 45.6 Å². The molecule has 1 unspecified atom stereocenters. The predicted molar refractivity (Wildman–Crippen MR) is 77.5 cm³/mol. The zero-order chi connectivity index (χ0) is 16.0. The Morgan fingerprint density at radius 1 is 1.33 bits per heavy atom. The van der Waals surface area contributed by atoms with Crippen molar-refractivity contribution < 1.29 is 19.5 Å². The second kappa shape index (κ2) is 7.85. The number of piperidine rings is 1. The number of carboxylic acids is 1. The molecular formula is C14H25N3O4. The van der Waals surface area contributed by atoms with E-state index in [4.69, 9.17) is 5.73 Å². The Morgan fingerprint density at radius 2 is 1.90 bits per heavy atom. The van der Waals surface area contributed by atoms with Crippen LogP contribution in [0.1, 0.15) is 39.5 Å². The number of urea groups is 1. The summed E-state index contributed by atoms with van der Waals surface area (Å²) in [6, 6.07) is -1.22. The highest BCUT2D eigenvalue weighted by Gasteiger charge is 2.29. The summed E-state index contributed by atoms with van der Waals surface area (Å²) in [6.07, 6.45) is 2.47. The Balaban J connectivity index is 2.49. The fourth-order valence-electron chi connectivity index (χ4n) is 2.53. The minimum Gasteiger partial charge on any atom is -0.480 e. The van der Waals surface area contributed by atoms with Crippen molar-refractivity contribution >= 4 is 17.9 Å². The quantitative estimate of drug-likeness (QED) is 0.672. The normalized spacial score (nSPS) is 18.9. The van der Waals surface area contributed by atoms with Crippen LogP contribution in [0.5, 0.6) is 0 Å². The lowest BCUT2D eigenvalue weighted by Gasteiger charge is -2.33. The van der Waals surface area contributed by atoms with Gasteiger partial charge in [-0.2, -0.15) is 0 Å². The van der Waals surface area contributed by atoms with E-state index in [1.165, 1.54) is 0 Å². The van der Waals surface area contributed by atoms with Gasteiger partial charge in [0.05, 0.1) is 0 Å². The molecule has 1 rings (SSSR count). The highest BCUT2D eigenvalue weighted by Crippen LogP contribution is 2.20. The van der Waals surface area contributed by atoms with Crippen LogP contribution < -0.4 is 11.1 Å². The van der Waals surface area contributed by atoms with Gasteiger partial charge in [0.2, 0.25) is 5.91 Å². The number of hydrogen-bond acceptors (Lipinski definition) is 3. The van der Waals surface area contributed by atoms with Crippen molar-refractivity contribution in [1.29, 1.82) is 0 Å². The standard InChI is InChI=1S/C14H25N3O4/c1-3-9(2)12(13(19)20)16-14(21)17-6-4-10(5-7-17)8-11(15)18/h9-10,12H,3-8H2,1-2H3,(H2,15,18)(H,16,21)(H,19,20)/t9?,12-/m0/s1. The maximum Gasteiger partial charge on any atom is 0.326 e. The number of rotatable bonds is 6. The van der Waals surface area contributed by atoms with E-state index >= 15 is 0 Å². The summed E-state index contributed by atoms with van der Waals surface area (Å²) in [6.45, 7) is 4.74. The van der Waals surface area contributed by atoms with Crippen LogP contribution in [-0.2, 0) is 9.59 Å². The van der Waals surface area contributed by atoms with Gasteiger partial charge in [0.1, 0.15) is 6.04 Å². The number of nitrogens with zero attached hydrogens (tertiary/aromatic N) is 1. The molecule has 21 heavy (non-hydrogen) atoms. The first kappa shape index (κ1) is 17.3. The molecule has 0 bridgehead atoms. The molecular weight excluding hydrogens is 274 g/mol. The van der Waals surface area contributed by atoms with Gasteiger partial charge in [0.25, 0.3) is 0 Å². The van der Waals surface area contributed by atoms with Crippen LogP contribution in [0, 0.1) is 11.8 Å². The number of aliphatic carboxylic acids is 1. The summed E-state index contributed by atoms with van der Waals surface area (Å²) in [4.78, 5) is 35.8. The molecule has 0 aromatic carbocycles. The van der Waals surface area contributed by atoms with Crippen LogP contribution in [0.3, 0.4) is 0 Å². The Hall–Kier alpha value is -1.79. The van der Waals surface area contributed by atoms with E-state index in [2.05, 4.69) is 5.32 Å². The zero-order valence-electron chi connectivity index (χ0n) is 12.7. The van der Waals surface area contributed by atoms with Gasteiger partial charge in [-0.1, -0.05) is 20.3 Å². The van der Waals surface area contributed by atoms with Crippen molar-refractivity contribution in [3.63, 3.8) is 0 Å². The molecule has 2 atom stereocenters. The van der Waals surface area contributed by atoms with Crippen LogP contribution in [0.4, 0.5) is 4.79 Å². The monoisotopic (exact) mass is 299 g/mol. The van der Waals surface area contributed by atoms with Gasteiger partial charge in [-0.3, -0.25) is 4.79 Å². The van der Waals surface area contributed by atoms with Crippen LogP contribution in [0.2, 0.25) is 0 Å². The number of primary amides is 1. The van der Waals surface area contributed by atoms with Gasteiger partial charge >= 0.3 is 12.0 Å². The second-order valence-corrected chi connectivity index (χ2v) is 5.75. The lowest BCUT2D eigenvalue weighted by Crippen LogP contribution is -2.52. The molecule has 0 saturated carbocycles. The fourth-order valence-corrected chi connectivity index (χ4v) is 2.53. The minimum absolute atomic E-state index is 0.126. The van der Waals surface area contributed by atoms with Gasteiger partial charge in [0.15, 0.2) is 0 Å². The van der Waals surface area contributed by atoms with Crippen LogP contribution in [0.15, 0.2) is 0 Å². The highest BCUT2D eigenvalue weighted by atomic mass is 16.4. The zero-order valence-corrected chi connectivity index (χ0v) is 12.7. The number of carbonyl (C=O) groups is 3. The summed E-state index contributed by atoms with van der Waals surface area (Å²) in [5.41, 5.74) is 5.17. The predicted octanol–water partition coefficient (Wildman–Crippen LogP) is 0.783. The molecule has 0 aromatic rings. The van der Waals surface area contributed by atoms with Crippen LogP contribution in [-0.4, -0.2) is 47.0 Å². The van der Waals surface area contributed by atoms with E-state index in [0.717, 1.165) is 12.8 Å². The van der Waals surface area contributed by atoms with E-state index in [0.29, 0.717) is 25.9 Å². The summed E-state index contributed by atoms with van der Waals surface area (Å²) < 4.78 is 0. The minimum atomic E-state index is -1.01. The van der Waals surface area contributed by atoms with Gasteiger partial charge in [-0.25, -0.2) is 9.59 Å². The molecule has 7 nitrogen and oxygen atoms in total. The number of nitrogens with two attached hydrogens (primary N) is 1. The third-order valence-electron chi connectivity index (χ3n) is 4.15. The number of hydrogen-bond donors (Lipinski definition) is 3. The molecule has 0 radical (unpaired) electrons. The van der Waals surface area contributed by atoms with Crippen molar-refractivity contribution in [3.8, 4) is 0 Å². The Labute approximate surface area is 124 Å². The molecule has 3 amide bonds. The first-order chi connectivity index (χ1) is 9.85. The van der Waals surface area contributed by atoms with Crippen molar-refractivity contribution in [2.24, 2.45) is 17.6 Å². The topological polar surface area (TPSA) is 113 Å². The van der Waals surface area contributed by atoms with E-state index in [9.17, 15) is 19.5 Å².